The number of carbonyl (C=O) groups excluding carboxylic acids is 1. The molecule has 0 fully saturated rings. The Morgan fingerprint density at radius 2 is 2.25 bits per heavy atom. The molecule has 0 amide bonds. The van der Waals surface area contributed by atoms with Crippen LogP contribution in [-0.2, 0) is 22.5 Å². The highest BCUT2D eigenvalue weighted by Gasteiger charge is 2.15. The number of nitriles is 1. The molecule has 5 heteroatoms. The highest BCUT2D eigenvalue weighted by Crippen LogP contribution is 2.24. The maximum atomic E-state index is 11.1. The van der Waals surface area contributed by atoms with Gasteiger partial charge >= 0.3 is 5.97 Å². The summed E-state index contributed by atoms with van der Waals surface area (Å²) in [5.74, 6) is -0.537. The highest BCUT2D eigenvalue weighted by atomic mass is 16.5. The molecule has 1 rings (SSSR count). The van der Waals surface area contributed by atoms with Gasteiger partial charge in [0.15, 0.2) is 0 Å². The van der Waals surface area contributed by atoms with Crippen LogP contribution in [0.1, 0.15) is 16.7 Å². The van der Waals surface area contributed by atoms with Crippen molar-refractivity contribution in [3.8, 4) is 11.8 Å². The summed E-state index contributed by atoms with van der Waals surface area (Å²) in [7, 11) is 1.26. The van der Waals surface area contributed by atoms with Crippen LogP contribution in [0.4, 0.5) is 0 Å². The van der Waals surface area contributed by atoms with E-state index in [1.165, 1.54) is 19.2 Å². The Morgan fingerprint density at radius 1 is 1.56 bits per heavy atom. The Balaban J connectivity index is 3.24. The SMILES string of the molecule is COC(=O)Cc1c(O)ccc(C#N)c1CN. The largest absolute Gasteiger partial charge is 0.508 e. The molecule has 0 radical (unpaired) electrons. The summed E-state index contributed by atoms with van der Waals surface area (Å²) in [4.78, 5) is 11.1. The Kier molecular flexibility index (Phi) is 3.86. The van der Waals surface area contributed by atoms with Crippen LogP contribution < -0.4 is 5.73 Å². The minimum absolute atomic E-state index is 0.0511. The number of carbonyl (C=O) groups is 1. The Hall–Kier alpha value is -2.06. The van der Waals surface area contributed by atoms with Crippen molar-refractivity contribution in [1.29, 1.82) is 5.26 Å². The highest BCUT2D eigenvalue weighted by molar-refractivity contribution is 5.74. The number of benzene rings is 1. The molecular formula is C11H12N2O3. The van der Waals surface area contributed by atoms with E-state index in [0.717, 1.165) is 0 Å². The molecule has 16 heavy (non-hydrogen) atoms. The zero-order valence-corrected chi connectivity index (χ0v) is 8.86. The predicted octanol–water partition coefficient (Wildman–Crippen LogP) is 0.438. The molecule has 1 aromatic carbocycles. The maximum Gasteiger partial charge on any atom is 0.310 e. The fourth-order valence-electron chi connectivity index (χ4n) is 1.43. The van der Waals surface area contributed by atoms with Gasteiger partial charge in [0.05, 0.1) is 25.2 Å². The van der Waals surface area contributed by atoms with Crippen LogP contribution in [0.3, 0.4) is 0 Å². The van der Waals surface area contributed by atoms with Crippen LogP contribution in [0.2, 0.25) is 0 Å². The molecule has 0 aliphatic carbocycles. The lowest BCUT2D eigenvalue weighted by molar-refractivity contribution is -0.139. The van der Waals surface area contributed by atoms with Crippen LogP contribution in [0, 0.1) is 11.3 Å². The number of nitrogens with two attached hydrogens (primary N) is 1. The standard InChI is InChI=1S/C11H12N2O3/c1-16-11(15)4-8-9(6-13)7(5-12)2-3-10(8)14/h2-3,14H,4,6,13H2,1H3. The van der Waals surface area contributed by atoms with Gasteiger partial charge in [0, 0.05) is 12.1 Å². The normalized spacial score (nSPS) is 9.56. The van der Waals surface area contributed by atoms with Gasteiger partial charge in [-0.05, 0) is 17.7 Å². The smallest absolute Gasteiger partial charge is 0.310 e. The van der Waals surface area contributed by atoms with E-state index in [-0.39, 0.29) is 18.7 Å². The molecule has 0 spiro atoms. The van der Waals surface area contributed by atoms with E-state index < -0.39 is 5.97 Å². The number of esters is 1. The number of ether oxygens (including phenoxy) is 1. The van der Waals surface area contributed by atoms with Gasteiger partial charge in [-0.3, -0.25) is 4.79 Å². The second-order valence-corrected chi connectivity index (χ2v) is 3.16. The first-order valence-electron chi connectivity index (χ1n) is 4.64. The zero-order chi connectivity index (χ0) is 12.1. The molecule has 0 aliphatic heterocycles. The first-order valence-corrected chi connectivity index (χ1v) is 4.64. The number of phenolic OH excluding ortho intramolecular Hbond substituents is 1. The summed E-state index contributed by atoms with van der Waals surface area (Å²) >= 11 is 0. The average molecular weight is 220 g/mol. The lowest BCUT2D eigenvalue weighted by Gasteiger charge is -2.10. The van der Waals surface area contributed by atoms with Crippen molar-refractivity contribution in [2.45, 2.75) is 13.0 Å². The minimum atomic E-state index is -0.486. The maximum absolute atomic E-state index is 11.1. The molecule has 0 saturated carbocycles. The molecule has 5 nitrogen and oxygen atoms in total. The molecule has 0 atom stereocenters. The van der Waals surface area contributed by atoms with Gasteiger partial charge < -0.3 is 15.6 Å². The van der Waals surface area contributed by atoms with E-state index in [9.17, 15) is 9.90 Å². The van der Waals surface area contributed by atoms with Crippen molar-refractivity contribution in [3.63, 3.8) is 0 Å². The number of hydrogen-bond donors (Lipinski definition) is 2. The lowest BCUT2D eigenvalue weighted by atomic mass is 9.98. The van der Waals surface area contributed by atoms with E-state index in [4.69, 9.17) is 11.0 Å². The van der Waals surface area contributed by atoms with Crippen LogP contribution in [0.15, 0.2) is 12.1 Å². The van der Waals surface area contributed by atoms with Gasteiger partial charge in [0.25, 0.3) is 0 Å². The van der Waals surface area contributed by atoms with Crippen LogP contribution in [-0.4, -0.2) is 18.2 Å². The number of nitrogens with zero attached hydrogens (tertiary/aromatic N) is 1. The molecule has 0 heterocycles. The summed E-state index contributed by atoms with van der Waals surface area (Å²) < 4.78 is 4.51. The number of methoxy groups -OCH3 is 1. The topological polar surface area (TPSA) is 96.3 Å². The third-order valence-corrected chi connectivity index (χ3v) is 2.28. The molecular weight excluding hydrogens is 208 g/mol. The fourth-order valence-corrected chi connectivity index (χ4v) is 1.43. The fraction of sp³-hybridized carbons (Fsp3) is 0.273. The summed E-state index contributed by atoms with van der Waals surface area (Å²) in [6.45, 7) is 0.0869. The van der Waals surface area contributed by atoms with Gasteiger partial charge in [-0.15, -0.1) is 0 Å². The first kappa shape index (κ1) is 12.0. The van der Waals surface area contributed by atoms with Crippen molar-refractivity contribution < 1.29 is 14.6 Å². The number of hydrogen-bond acceptors (Lipinski definition) is 5. The molecule has 1 aromatic rings. The Labute approximate surface area is 93.1 Å². The van der Waals surface area contributed by atoms with Gasteiger partial charge in [0.1, 0.15) is 5.75 Å². The van der Waals surface area contributed by atoms with Gasteiger partial charge in [-0.25, -0.2) is 0 Å². The van der Waals surface area contributed by atoms with E-state index >= 15 is 0 Å². The molecule has 0 saturated heterocycles. The van der Waals surface area contributed by atoms with Gasteiger partial charge in [0.2, 0.25) is 0 Å². The van der Waals surface area contributed by atoms with Crippen molar-refractivity contribution in [2.75, 3.05) is 7.11 Å². The van der Waals surface area contributed by atoms with E-state index in [2.05, 4.69) is 4.74 Å². The van der Waals surface area contributed by atoms with Crippen LogP contribution in [0.25, 0.3) is 0 Å². The third-order valence-electron chi connectivity index (χ3n) is 2.28. The van der Waals surface area contributed by atoms with E-state index in [1.807, 2.05) is 6.07 Å². The minimum Gasteiger partial charge on any atom is -0.508 e. The van der Waals surface area contributed by atoms with E-state index in [1.54, 1.807) is 0 Å². The Morgan fingerprint density at radius 3 is 2.75 bits per heavy atom. The molecule has 0 aromatic heterocycles. The molecule has 3 N–H and O–H groups in total. The van der Waals surface area contributed by atoms with Gasteiger partial charge in [-0.1, -0.05) is 0 Å². The third kappa shape index (κ3) is 2.30. The number of rotatable bonds is 3. The molecule has 0 aliphatic rings. The lowest BCUT2D eigenvalue weighted by Crippen LogP contribution is -2.11. The zero-order valence-electron chi connectivity index (χ0n) is 8.86. The number of aromatic hydroxyl groups is 1. The summed E-state index contributed by atoms with van der Waals surface area (Å²) in [6, 6.07) is 4.80. The first-order chi connectivity index (χ1) is 7.63. The van der Waals surface area contributed by atoms with Gasteiger partial charge in [-0.2, -0.15) is 5.26 Å². The number of phenols is 1. The molecule has 0 bridgehead atoms. The second kappa shape index (κ2) is 5.14. The quantitative estimate of drug-likeness (QED) is 0.720. The Bertz CT molecular complexity index is 449. The predicted molar refractivity (Wildman–Crippen MR) is 56.4 cm³/mol. The molecule has 0 unspecified atom stereocenters. The average Bonchev–Trinajstić information content (AvgIpc) is 2.31. The summed E-state index contributed by atoms with van der Waals surface area (Å²) in [5.41, 5.74) is 6.69. The van der Waals surface area contributed by atoms with Crippen molar-refractivity contribution in [2.24, 2.45) is 5.73 Å². The van der Waals surface area contributed by atoms with E-state index in [0.29, 0.717) is 16.7 Å². The monoisotopic (exact) mass is 220 g/mol. The van der Waals surface area contributed by atoms with Crippen LogP contribution >= 0.6 is 0 Å². The summed E-state index contributed by atoms with van der Waals surface area (Å²) in [5, 5.41) is 18.5. The molecule has 84 valence electrons. The summed E-state index contributed by atoms with van der Waals surface area (Å²) in [6.07, 6.45) is -0.0929. The van der Waals surface area contributed by atoms with Crippen molar-refractivity contribution in [1.82, 2.24) is 0 Å². The second-order valence-electron chi connectivity index (χ2n) is 3.16. The van der Waals surface area contributed by atoms with Crippen molar-refractivity contribution >= 4 is 5.97 Å². The van der Waals surface area contributed by atoms with Crippen LogP contribution in [0.5, 0.6) is 5.75 Å². The van der Waals surface area contributed by atoms with Crippen molar-refractivity contribution in [3.05, 3.63) is 28.8 Å².